The molecule has 2 heterocycles. The molecule has 0 aromatic carbocycles. The van der Waals surface area contributed by atoms with Crippen molar-refractivity contribution in [3.8, 4) is 0 Å². The normalized spacial score (nSPS) is 37.4. The molecule has 0 aliphatic carbocycles. The van der Waals surface area contributed by atoms with Gasteiger partial charge in [-0.15, -0.1) is 0 Å². The first-order valence-corrected chi connectivity index (χ1v) is 5.10. The second-order valence-electron chi connectivity index (χ2n) is 3.84. The lowest BCUT2D eigenvalue weighted by Crippen LogP contribution is -2.41. The average molecular weight is 200 g/mol. The van der Waals surface area contributed by atoms with Crippen LogP contribution in [0.25, 0.3) is 0 Å². The summed E-state index contributed by atoms with van der Waals surface area (Å²) < 4.78 is 5.24. The van der Waals surface area contributed by atoms with Crippen LogP contribution in [0.1, 0.15) is 12.8 Å². The highest BCUT2D eigenvalue weighted by atomic mass is 16.5. The Balaban J connectivity index is 1.82. The average Bonchev–Trinajstić information content (AvgIpc) is 2.75. The zero-order valence-electron chi connectivity index (χ0n) is 8.03. The van der Waals surface area contributed by atoms with Crippen molar-refractivity contribution in [3.63, 3.8) is 0 Å². The summed E-state index contributed by atoms with van der Waals surface area (Å²) in [6.07, 6.45) is 0.894. The molecule has 2 saturated heterocycles. The van der Waals surface area contributed by atoms with E-state index in [9.17, 15) is 9.90 Å². The fourth-order valence-corrected chi connectivity index (χ4v) is 1.90. The van der Waals surface area contributed by atoms with Gasteiger partial charge in [0.2, 0.25) is 0 Å². The summed E-state index contributed by atoms with van der Waals surface area (Å²) in [4.78, 5) is 11.5. The number of rotatable bonds is 2. The van der Waals surface area contributed by atoms with Gasteiger partial charge in [0.15, 0.2) is 0 Å². The van der Waals surface area contributed by atoms with Crippen LogP contribution >= 0.6 is 0 Å². The number of aliphatic hydroxyl groups is 1. The monoisotopic (exact) mass is 200 g/mol. The summed E-state index contributed by atoms with van der Waals surface area (Å²) in [6, 6.07) is -0.518. The Morgan fingerprint density at radius 2 is 2.21 bits per heavy atom. The molecule has 2 rings (SSSR count). The maximum absolute atomic E-state index is 11.5. The highest BCUT2D eigenvalue weighted by Gasteiger charge is 2.34. The molecule has 80 valence electrons. The third-order valence-electron chi connectivity index (χ3n) is 2.74. The molecule has 2 fully saturated rings. The molecule has 14 heavy (non-hydrogen) atoms. The summed E-state index contributed by atoms with van der Waals surface area (Å²) in [6.45, 7) is 2.32. The second kappa shape index (κ2) is 4.25. The van der Waals surface area contributed by atoms with Crippen LogP contribution in [0.4, 0.5) is 0 Å². The van der Waals surface area contributed by atoms with E-state index in [1.165, 1.54) is 0 Å². The summed E-state index contributed by atoms with van der Waals surface area (Å²) in [5.41, 5.74) is 0. The molecule has 0 spiro atoms. The molecule has 0 aromatic rings. The van der Waals surface area contributed by atoms with Crippen molar-refractivity contribution in [2.24, 2.45) is 0 Å². The molecular formula is C9H16N2O3. The highest BCUT2D eigenvalue weighted by molar-refractivity contribution is 5.77. The number of carbonyl (C=O) groups is 1. The third-order valence-corrected chi connectivity index (χ3v) is 2.74. The van der Waals surface area contributed by atoms with Gasteiger partial charge in [-0.1, -0.05) is 0 Å². The number of ether oxygens (including phenoxy) is 1. The van der Waals surface area contributed by atoms with E-state index in [2.05, 4.69) is 10.6 Å². The Kier molecular flexibility index (Phi) is 3.00. The van der Waals surface area contributed by atoms with Gasteiger partial charge in [0.05, 0.1) is 6.10 Å². The van der Waals surface area contributed by atoms with E-state index >= 15 is 0 Å². The standard InChI is InChI=1S/C9H16N2O3/c12-7-2-4-11-8(7)9(13)14-6-1-3-10-5-6/h6-8,10-12H,1-5H2/t6?,7?,8-/m0/s1. The first-order chi connectivity index (χ1) is 6.77. The zero-order chi connectivity index (χ0) is 9.97. The minimum absolute atomic E-state index is 0.0166. The van der Waals surface area contributed by atoms with Crippen molar-refractivity contribution >= 4 is 5.97 Å². The van der Waals surface area contributed by atoms with Crippen LogP contribution in [0.3, 0.4) is 0 Å². The summed E-state index contributed by atoms with van der Waals surface area (Å²) in [5, 5.41) is 15.5. The number of aliphatic hydroxyl groups excluding tert-OH is 1. The molecule has 0 aromatic heterocycles. The molecule has 5 heteroatoms. The van der Waals surface area contributed by atoms with Crippen molar-refractivity contribution in [2.45, 2.75) is 31.1 Å². The summed E-state index contributed by atoms with van der Waals surface area (Å²) in [7, 11) is 0. The maximum atomic E-state index is 11.5. The minimum Gasteiger partial charge on any atom is -0.460 e. The van der Waals surface area contributed by atoms with Crippen LogP contribution in [-0.4, -0.2) is 49.0 Å². The summed E-state index contributed by atoms with van der Waals surface area (Å²) >= 11 is 0. The quantitative estimate of drug-likeness (QED) is 0.479. The van der Waals surface area contributed by atoms with Crippen molar-refractivity contribution < 1.29 is 14.6 Å². The van der Waals surface area contributed by atoms with E-state index in [1.54, 1.807) is 0 Å². The molecule has 2 aliphatic heterocycles. The van der Waals surface area contributed by atoms with Crippen LogP contribution in [0.15, 0.2) is 0 Å². The van der Waals surface area contributed by atoms with Crippen molar-refractivity contribution in [3.05, 3.63) is 0 Å². The Morgan fingerprint density at radius 1 is 1.36 bits per heavy atom. The first kappa shape index (κ1) is 9.89. The molecule has 5 nitrogen and oxygen atoms in total. The van der Waals surface area contributed by atoms with Crippen LogP contribution in [0, 0.1) is 0 Å². The smallest absolute Gasteiger partial charge is 0.326 e. The van der Waals surface area contributed by atoms with Gasteiger partial charge in [0.25, 0.3) is 0 Å². The topological polar surface area (TPSA) is 70.6 Å². The van der Waals surface area contributed by atoms with Gasteiger partial charge in [0, 0.05) is 6.54 Å². The highest BCUT2D eigenvalue weighted by Crippen LogP contribution is 2.11. The molecular weight excluding hydrogens is 184 g/mol. The molecule has 2 unspecified atom stereocenters. The van der Waals surface area contributed by atoms with E-state index in [0.29, 0.717) is 13.0 Å². The molecule has 3 atom stereocenters. The second-order valence-corrected chi connectivity index (χ2v) is 3.84. The predicted molar refractivity (Wildman–Crippen MR) is 49.8 cm³/mol. The van der Waals surface area contributed by atoms with Crippen molar-refractivity contribution in [1.29, 1.82) is 0 Å². The van der Waals surface area contributed by atoms with E-state index in [4.69, 9.17) is 4.74 Å². The SMILES string of the molecule is O=C(OC1CCNC1)[C@H]1NCCC1O. The fourth-order valence-electron chi connectivity index (χ4n) is 1.90. The van der Waals surface area contributed by atoms with Crippen molar-refractivity contribution in [2.75, 3.05) is 19.6 Å². The lowest BCUT2D eigenvalue weighted by molar-refractivity contribution is -0.152. The van der Waals surface area contributed by atoms with Gasteiger partial charge in [-0.2, -0.15) is 0 Å². The van der Waals surface area contributed by atoms with Crippen LogP contribution < -0.4 is 10.6 Å². The van der Waals surface area contributed by atoms with Crippen molar-refractivity contribution in [1.82, 2.24) is 10.6 Å². The van der Waals surface area contributed by atoms with E-state index < -0.39 is 12.1 Å². The largest absolute Gasteiger partial charge is 0.460 e. The van der Waals surface area contributed by atoms with Crippen LogP contribution in [-0.2, 0) is 9.53 Å². The molecule has 0 bridgehead atoms. The van der Waals surface area contributed by atoms with Gasteiger partial charge < -0.3 is 20.5 Å². The Labute approximate surface area is 82.8 Å². The molecule has 0 amide bonds. The predicted octanol–water partition coefficient (Wildman–Crippen LogP) is -1.39. The van der Waals surface area contributed by atoms with E-state index in [-0.39, 0.29) is 12.1 Å². The minimum atomic E-state index is -0.586. The van der Waals surface area contributed by atoms with Gasteiger partial charge in [-0.25, -0.2) is 0 Å². The molecule has 3 N–H and O–H groups in total. The number of carbonyl (C=O) groups excluding carboxylic acids is 1. The number of hydrogen-bond acceptors (Lipinski definition) is 5. The van der Waals surface area contributed by atoms with E-state index in [0.717, 1.165) is 19.5 Å². The maximum Gasteiger partial charge on any atom is 0.326 e. The number of hydrogen-bond donors (Lipinski definition) is 3. The summed E-state index contributed by atoms with van der Waals surface area (Å²) in [5.74, 6) is -0.316. The Bertz CT molecular complexity index is 216. The lowest BCUT2D eigenvalue weighted by atomic mass is 10.2. The van der Waals surface area contributed by atoms with E-state index in [1.807, 2.05) is 0 Å². The van der Waals surface area contributed by atoms with Crippen LogP contribution in [0.2, 0.25) is 0 Å². The van der Waals surface area contributed by atoms with Gasteiger partial charge in [-0.3, -0.25) is 4.79 Å². The van der Waals surface area contributed by atoms with Gasteiger partial charge in [0.1, 0.15) is 12.1 Å². The van der Waals surface area contributed by atoms with Gasteiger partial charge >= 0.3 is 5.97 Å². The van der Waals surface area contributed by atoms with Gasteiger partial charge in [-0.05, 0) is 25.9 Å². The molecule has 2 aliphatic rings. The first-order valence-electron chi connectivity index (χ1n) is 5.10. The molecule has 0 radical (unpaired) electrons. The zero-order valence-corrected chi connectivity index (χ0v) is 8.03. The molecule has 0 saturated carbocycles. The fraction of sp³-hybridized carbons (Fsp3) is 0.889. The Morgan fingerprint density at radius 3 is 2.79 bits per heavy atom. The number of nitrogens with one attached hydrogen (secondary N) is 2. The Hall–Kier alpha value is -0.650. The van der Waals surface area contributed by atoms with Crippen LogP contribution in [0.5, 0.6) is 0 Å². The lowest BCUT2D eigenvalue weighted by Gasteiger charge is -2.17. The number of esters is 1. The third kappa shape index (κ3) is 2.05.